The third-order valence-electron chi connectivity index (χ3n) is 3.73. The summed E-state index contributed by atoms with van der Waals surface area (Å²) in [4.78, 5) is 41.2. The Morgan fingerprint density at radius 3 is 2.96 bits per heavy atom. The van der Waals surface area contributed by atoms with Crippen LogP contribution in [0.25, 0.3) is 0 Å². The first kappa shape index (κ1) is 18.1. The van der Waals surface area contributed by atoms with Crippen LogP contribution in [0, 0.1) is 6.92 Å². The van der Waals surface area contributed by atoms with Crippen molar-refractivity contribution in [1.29, 1.82) is 0 Å². The van der Waals surface area contributed by atoms with Crippen LogP contribution < -0.4 is 0 Å². The summed E-state index contributed by atoms with van der Waals surface area (Å²) in [5, 5.41) is 4.37. The lowest BCUT2D eigenvalue weighted by Gasteiger charge is -2.13. The van der Waals surface area contributed by atoms with Gasteiger partial charge in [-0.15, -0.1) is 0 Å². The molecule has 0 unspecified atom stereocenters. The van der Waals surface area contributed by atoms with Gasteiger partial charge in [0.2, 0.25) is 5.91 Å². The first-order valence-electron chi connectivity index (χ1n) is 8.05. The summed E-state index contributed by atoms with van der Waals surface area (Å²) in [5.74, 6) is -0.202. The minimum Gasteiger partial charge on any atom is -0.452 e. The molecule has 1 aliphatic rings. The van der Waals surface area contributed by atoms with Crippen LogP contribution in [0.4, 0.5) is 0 Å². The molecule has 2 aromatic rings. The minimum absolute atomic E-state index is 0.230. The van der Waals surface area contributed by atoms with Gasteiger partial charge in [-0.25, -0.2) is 9.78 Å². The van der Waals surface area contributed by atoms with E-state index < -0.39 is 18.5 Å². The highest BCUT2D eigenvalue weighted by atomic mass is 32.2. The molecule has 0 atom stereocenters. The number of imide groups is 1. The summed E-state index contributed by atoms with van der Waals surface area (Å²) in [6, 6.07) is 5.00. The number of amides is 2. The van der Waals surface area contributed by atoms with Gasteiger partial charge in [-0.3, -0.25) is 14.5 Å². The molecule has 3 heterocycles. The van der Waals surface area contributed by atoms with Crippen LogP contribution in [0.1, 0.15) is 34.7 Å². The third-order valence-corrected chi connectivity index (χ3v) is 4.76. The number of hydrogen-bond acceptors (Lipinski definition) is 8. The molecule has 0 N–H and O–H groups in total. The molecule has 2 aromatic heterocycles. The van der Waals surface area contributed by atoms with Crippen molar-refractivity contribution in [3.8, 4) is 0 Å². The van der Waals surface area contributed by atoms with Gasteiger partial charge in [0.25, 0.3) is 5.91 Å². The Kier molecular flexibility index (Phi) is 5.67. The van der Waals surface area contributed by atoms with Crippen LogP contribution in [0.3, 0.4) is 0 Å². The van der Waals surface area contributed by atoms with Gasteiger partial charge in [0, 0.05) is 31.0 Å². The van der Waals surface area contributed by atoms with Crippen molar-refractivity contribution in [2.45, 2.75) is 30.5 Å². The number of aryl methyl sites for hydroxylation is 1. The number of pyridine rings is 1. The summed E-state index contributed by atoms with van der Waals surface area (Å²) in [5.41, 5.74) is 0.999. The quantitative estimate of drug-likeness (QED) is 0.558. The molecule has 0 bridgehead atoms. The first-order chi connectivity index (χ1) is 12.5. The Morgan fingerprint density at radius 2 is 2.27 bits per heavy atom. The molecular weight excluding hydrogens is 358 g/mol. The van der Waals surface area contributed by atoms with Gasteiger partial charge < -0.3 is 9.26 Å². The molecule has 9 heteroatoms. The zero-order chi connectivity index (χ0) is 18.5. The van der Waals surface area contributed by atoms with E-state index in [2.05, 4.69) is 10.1 Å². The molecule has 1 fully saturated rings. The second-order valence-corrected chi connectivity index (χ2v) is 6.66. The van der Waals surface area contributed by atoms with Crippen molar-refractivity contribution in [3.63, 3.8) is 0 Å². The van der Waals surface area contributed by atoms with Crippen molar-refractivity contribution < 1.29 is 23.6 Å². The average molecular weight is 375 g/mol. The summed E-state index contributed by atoms with van der Waals surface area (Å²) in [6.07, 6.45) is 2.56. The number of esters is 1. The zero-order valence-electron chi connectivity index (χ0n) is 14.1. The molecule has 3 rings (SSSR count). The van der Waals surface area contributed by atoms with Crippen LogP contribution >= 0.6 is 11.8 Å². The summed E-state index contributed by atoms with van der Waals surface area (Å²) >= 11 is 1.32. The number of rotatable bonds is 6. The molecule has 8 nitrogen and oxygen atoms in total. The van der Waals surface area contributed by atoms with Crippen molar-refractivity contribution in [1.82, 2.24) is 15.0 Å². The molecule has 0 radical (unpaired) electrons. The number of ether oxygens (including phenoxy) is 1. The molecule has 1 saturated heterocycles. The number of carbonyl (C=O) groups is 3. The molecule has 0 saturated carbocycles. The summed E-state index contributed by atoms with van der Waals surface area (Å²) in [7, 11) is 0. The van der Waals surface area contributed by atoms with E-state index in [4.69, 9.17) is 9.26 Å². The normalized spacial score (nSPS) is 13.9. The minimum atomic E-state index is -0.656. The number of aromatic nitrogens is 2. The smallest absolute Gasteiger partial charge is 0.341 e. The lowest BCUT2D eigenvalue weighted by molar-refractivity contribution is -0.143. The largest absolute Gasteiger partial charge is 0.452 e. The SMILES string of the molecule is Cc1cc(CSc2ncccc2C(=O)OCC(=O)N2CCCC2=O)no1. The fraction of sp³-hybridized carbons (Fsp3) is 0.353. The molecule has 1 aliphatic heterocycles. The number of thioether (sulfide) groups is 1. The highest BCUT2D eigenvalue weighted by molar-refractivity contribution is 7.98. The average Bonchev–Trinajstić information content (AvgIpc) is 3.26. The molecule has 136 valence electrons. The Balaban J connectivity index is 1.60. The predicted molar refractivity (Wildman–Crippen MR) is 91.3 cm³/mol. The highest BCUT2D eigenvalue weighted by Crippen LogP contribution is 2.24. The number of likely N-dealkylation sites (tertiary alicyclic amines) is 1. The van der Waals surface area contributed by atoms with Gasteiger partial charge >= 0.3 is 5.97 Å². The lowest BCUT2D eigenvalue weighted by atomic mass is 10.3. The van der Waals surface area contributed by atoms with Gasteiger partial charge in [-0.05, 0) is 25.5 Å². The van der Waals surface area contributed by atoms with Crippen LogP contribution in [0.5, 0.6) is 0 Å². The van der Waals surface area contributed by atoms with Crippen molar-refractivity contribution >= 4 is 29.5 Å². The van der Waals surface area contributed by atoms with E-state index in [0.29, 0.717) is 35.9 Å². The molecule has 26 heavy (non-hydrogen) atoms. The van der Waals surface area contributed by atoms with Crippen LogP contribution in [0.15, 0.2) is 33.9 Å². The predicted octanol–water partition coefficient (Wildman–Crippen LogP) is 1.98. The maximum atomic E-state index is 12.3. The summed E-state index contributed by atoms with van der Waals surface area (Å²) < 4.78 is 10.1. The summed E-state index contributed by atoms with van der Waals surface area (Å²) in [6.45, 7) is 1.71. The second kappa shape index (κ2) is 8.13. The van der Waals surface area contributed by atoms with Crippen molar-refractivity contribution in [3.05, 3.63) is 41.4 Å². The van der Waals surface area contributed by atoms with Gasteiger partial charge in [-0.2, -0.15) is 0 Å². The fourth-order valence-corrected chi connectivity index (χ4v) is 3.35. The zero-order valence-corrected chi connectivity index (χ0v) is 15.0. The topological polar surface area (TPSA) is 103 Å². The van der Waals surface area contributed by atoms with E-state index >= 15 is 0 Å². The van der Waals surface area contributed by atoms with E-state index in [0.717, 1.165) is 10.6 Å². The first-order valence-corrected chi connectivity index (χ1v) is 9.03. The maximum Gasteiger partial charge on any atom is 0.341 e. The lowest BCUT2D eigenvalue weighted by Crippen LogP contribution is -2.35. The molecule has 0 aliphatic carbocycles. The molecular formula is C17H17N3O5S. The van der Waals surface area contributed by atoms with E-state index in [9.17, 15) is 14.4 Å². The monoisotopic (exact) mass is 375 g/mol. The van der Waals surface area contributed by atoms with E-state index in [1.54, 1.807) is 31.3 Å². The number of carbonyl (C=O) groups excluding carboxylic acids is 3. The Hall–Kier alpha value is -2.68. The maximum absolute atomic E-state index is 12.3. The van der Waals surface area contributed by atoms with Gasteiger partial charge in [0.15, 0.2) is 6.61 Å². The van der Waals surface area contributed by atoms with Crippen LogP contribution in [-0.4, -0.2) is 46.0 Å². The highest BCUT2D eigenvalue weighted by Gasteiger charge is 2.27. The molecule has 2 amide bonds. The standard InChI is InChI=1S/C17H17N3O5S/c1-11-8-12(19-25-11)10-26-16-13(4-2-6-18-16)17(23)24-9-15(22)20-7-3-5-14(20)21/h2,4,6,8H,3,5,7,9-10H2,1H3. The fourth-order valence-electron chi connectivity index (χ4n) is 2.48. The van der Waals surface area contributed by atoms with Crippen molar-refractivity contribution in [2.24, 2.45) is 0 Å². The molecule has 0 aromatic carbocycles. The molecule has 0 spiro atoms. The van der Waals surface area contributed by atoms with Gasteiger partial charge in [0.05, 0.1) is 11.3 Å². The van der Waals surface area contributed by atoms with Crippen LogP contribution in [0.2, 0.25) is 0 Å². The van der Waals surface area contributed by atoms with E-state index in [-0.39, 0.29) is 11.5 Å². The second-order valence-electron chi connectivity index (χ2n) is 5.69. The van der Waals surface area contributed by atoms with Gasteiger partial charge in [-0.1, -0.05) is 16.9 Å². The Labute approximate surface area is 153 Å². The van der Waals surface area contributed by atoms with Gasteiger partial charge in [0.1, 0.15) is 10.8 Å². The van der Waals surface area contributed by atoms with Crippen molar-refractivity contribution in [2.75, 3.05) is 13.2 Å². The third kappa shape index (κ3) is 4.29. The van der Waals surface area contributed by atoms with E-state index in [1.165, 1.54) is 11.8 Å². The number of nitrogens with zero attached hydrogens (tertiary/aromatic N) is 3. The van der Waals surface area contributed by atoms with Crippen LogP contribution in [-0.2, 0) is 20.1 Å². The number of hydrogen-bond donors (Lipinski definition) is 0. The Morgan fingerprint density at radius 1 is 1.42 bits per heavy atom. The van der Waals surface area contributed by atoms with E-state index in [1.807, 2.05) is 0 Å². The Bertz CT molecular complexity index is 835.